The van der Waals surface area contributed by atoms with Crippen molar-refractivity contribution in [1.82, 2.24) is 0 Å². The summed E-state index contributed by atoms with van der Waals surface area (Å²) in [5.41, 5.74) is 8.46. The van der Waals surface area contributed by atoms with Gasteiger partial charge >= 0.3 is 26.2 Å². The molecule has 0 saturated heterocycles. The van der Waals surface area contributed by atoms with E-state index in [-0.39, 0.29) is 49.1 Å². The second kappa shape index (κ2) is 16.4. The van der Waals surface area contributed by atoms with Crippen molar-refractivity contribution >= 4 is 11.4 Å². The number of hydrogen-bond donors (Lipinski definition) is 2. The predicted octanol–water partition coefficient (Wildman–Crippen LogP) is 7.55. The molecule has 0 fully saturated rings. The van der Waals surface area contributed by atoms with Gasteiger partial charge in [-0.05, 0) is 24.3 Å². The van der Waals surface area contributed by atoms with Crippen molar-refractivity contribution in [1.29, 1.82) is 0 Å². The van der Waals surface area contributed by atoms with Gasteiger partial charge in [-0.25, -0.2) is 11.1 Å². The van der Waals surface area contributed by atoms with Crippen molar-refractivity contribution in [3.05, 3.63) is 114 Å². The van der Waals surface area contributed by atoms with Crippen molar-refractivity contribution in [2.75, 3.05) is 0 Å². The third-order valence-electron chi connectivity index (χ3n) is 5.76. The summed E-state index contributed by atoms with van der Waals surface area (Å²) in [5, 5.41) is 37.5. The third-order valence-corrected chi connectivity index (χ3v) is 5.76. The van der Waals surface area contributed by atoms with Crippen molar-refractivity contribution in [2.45, 2.75) is 54.4 Å². The minimum atomic E-state index is -0.514. The van der Waals surface area contributed by atoms with Crippen molar-refractivity contribution in [2.24, 2.45) is 0 Å². The third kappa shape index (κ3) is 12.0. The Bertz CT molecular complexity index is 1090. The molecule has 0 atom stereocenters. The van der Waals surface area contributed by atoms with Crippen LogP contribution >= 0.6 is 0 Å². The van der Waals surface area contributed by atoms with Gasteiger partial charge in [0.1, 0.15) is 11.5 Å². The van der Waals surface area contributed by atoms with Crippen LogP contribution in [-0.4, -0.2) is 20.1 Å². The van der Waals surface area contributed by atoms with Crippen LogP contribution in [-0.2, 0) is 26.2 Å². The van der Waals surface area contributed by atoms with Gasteiger partial charge in [0.05, 0.1) is 9.85 Å². The molecule has 8 nitrogen and oxygen atoms in total. The van der Waals surface area contributed by atoms with Crippen LogP contribution in [0, 0.1) is 32.4 Å². The Morgan fingerprint density at radius 3 is 1.03 bits per heavy atom. The molecule has 2 aliphatic carbocycles. The topological polar surface area (TPSA) is 127 Å². The molecule has 0 unspecified atom stereocenters. The summed E-state index contributed by atoms with van der Waals surface area (Å²) in [6.45, 7) is 12.9. The van der Waals surface area contributed by atoms with E-state index in [1.54, 1.807) is 0 Å². The van der Waals surface area contributed by atoms with Crippen LogP contribution in [0.1, 0.15) is 54.4 Å². The van der Waals surface area contributed by atoms with E-state index in [2.05, 4.69) is 53.7 Å². The first-order chi connectivity index (χ1) is 16.8. The van der Waals surface area contributed by atoms with E-state index in [9.17, 15) is 20.2 Å². The van der Waals surface area contributed by atoms with Crippen LogP contribution in [0.4, 0.5) is 11.4 Å². The maximum Gasteiger partial charge on any atom is 2.00 e. The van der Waals surface area contributed by atoms with Crippen molar-refractivity contribution < 1.29 is 46.3 Å². The number of non-ortho nitro benzene ring substituents is 2. The molecule has 9 heteroatoms. The summed E-state index contributed by atoms with van der Waals surface area (Å²) in [6.07, 6.45) is 8.63. The van der Waals surface area contributed by atoms with Crippen LogP contribution in [0.5, 0.6) is 11.5 Å². The number of hydrogen-bond acceptors (Lipinski definition) is 6. The zero-order valence-corrected chi connectivity index (χ0v) is 24.4. The standard InChI is InChI=1S/2C8H11.2C6H5NO3.Zr/c2*1-6-4-5-7(2)8(6)3;2*8-6-3-1-5(2-4-6)7(9)10;/h2*4H2,1-3H3;2*1-4,8H;/q2*-1;;;+2. The molecule has 0 aliphatic heterocycles. The normalized spacial score (nSPS) is 13.5. The molecule has 0 aromatic heterocycles. The number of aromatic hydroxyl groups is 2. The zero-order chi connectivity index (χ0) is 27.4. The summed E-state index contributed by atoms with van der Waals surface area (Å²) in [7, 11) is 0. The van der Waals surface area contributed by atoms with Gasteiger partial charge in [-0.2, -0.15) is 22.3 Å². The van der Waals surface area contributed by atoms with Crippen LogP contribution in [0.25, 0.3) is 0 Å². The number of nitrogens with zero attached hydrogens (tertiary/aromatic N) is 2. The van der Waals surface area contributed by atoms with E-state index in [4.69, 9.17) is 10.2 Å². The number of nitro groups is 2. The number of rotatable bonds is 2. The molecular formula is C28H32N2O6Zr. The second-order valence-corrected chi connectivity index (χ2v) is 8.31. The molecule has 37 heavy (non-hydrogen) atoms. The molecule has 2 aromatic carbocycles. The first-order valence-corrected chi connectivity index (χ1v) is 11.2. The van der Waals surface area contributed by atoms with E-state index >= 15 is 0 Å². The smallest absolute Gasteiger partial charge is 0.508 e. The van der Waals surface area contributed by atoms with Gasteiger partial charge in [0.2, 0.25) is 0 Å². The Kier molecular flexibility index (Phi) is 15.0. The van der Waals surface area contributed by atoms with Crippen molar-refractivity contribution in [3.63, 3.8) is 0 Å². The van der Waals surface area contributed by atoms with Crippen molar-refractivity contribution in [3.8, 4) is 11.5 Å². The van der Waals surface area contributed by atoms with Crippen LogP contribution in [0.15, 0.2) is 82.0 Å². The number of benzene rings is 2. The SMILES string of the molecule is CC1=[C-]CC(C)=C1C.CC1=[C-]CC(C)=C1C.O=[N+]([O-])c1ccc(O)cc1.O=[N+]([O-])c1ccc(O)cc1.[Zr+2]. The molecule has 0 spiro atoms. The van der Waals surface area contributed by atoms with Crippen LogP contribution < -0.4 is 0 Å². The Morgan fingerprint density at radius 2 is 0.892 bits per heavy atom. The number of phenolic OH excluding ortho intramolecular Hbond substituents is 2. The van der Waals surface area contributed by atoms with Gasteiger partial charge in [0.15, 0.2) is 0 Å². The molecule has 194 valence electrons. The zero-order valence-electron chi connectivity index (χ0n) is 22.0. The fourth-order valence-corrected chi connectivity index (χ4v) is 2.85. The number of allylic oxidation sites excluding steroid dienone is 8. The van der Waals surface area contributed by atoms with Gasteiger partial charge in [-0.1, -0.05) is 27.7 Å². The molecule has 0 saturated carbocycles. The Hall–Kier alpha value is -3.32. The Balaban J connectivity index is 0.000000465. The minimum absolute atomic E-state index is 0. The van der Waals surface area contributed by atoms with Gasteiger partial charge in [-0.3, -0.25) is 32.4 Å². The summed E-state index contributed by atoms with van der Waals surface area (Å²) in [4.78, 5) is 19.0. The van der Waals surface area contributed by atoms with E-state index in [0.29, 0.717) is 0 Å². The molecule has 0 bridgehead atoms. The van der Waals surface area contributed by atoms with E-state index < -0.39 is 9.85 Å². The summed E-state index contributed by atoms with van der Waals surface area (Å²) in [5.74, 6) is 0.0659. The molecule has 0 heterocycles. The minimum Gasteiger partial charge on any atom is -0.508 e. The van der Waals surface area contributed by atoms with Gasteiger partial charge in [0, 0.05) is 24.3 Å². The van der Waals surface area contributed by atoms with E-state index in [1.807, 2.05) is 0 Å². The predicted molar refractivity (Wildman–Crippen MR) is 140 cm³/mol. The fraction of sp³-hybridized carbons (Fsp3) is 0.286. The first-order valence-electron chi connectivity index (χ1n) is 11.2. The van der Waals surface area contributed by atoms with E-state index in [1.165, 1.54) is 82.0 Å². The molecule has 2 N–H and O–H groups in total. The number of phenols is 2. The maximum atomic E-state index is 10.0. The maximum absolute atomic E-state index is 10.0. The largest absolute Gasteiger partial charge is 2.00 e. The first kappa shape index (κ1) is 33.7. The fourth-order valence-electron chi connectivity index (χ4n) is 2.85. The van der Waals surface area contributed by atoms with Gasteiger partial charge in [-0.15, -0.1) is 26.7 Å². The molecule has 2 aromatic rings. The second-order valence-electron chi connectivity index (χ2n) is 8.31. The molecule has 0 amide bonds. The molecule has 0 radical (unpaired) electrons. The van der Waals surface area contributed by atoms with Gasteiger partial charge in [0.25, 0.3) is 11.4 Å². The Morgan fingerprint density at radius 1 is 0.622 bits per heavy atom. The van der Waals surface area contributed by atoms with Gasteiger partial charge < -0.3 is 10.2 Å². The van der Waals surface area contributed by atoms with E-state index in [0.717, 1.165) is 12.8 Å². The average Bonchev–Trinajstić information content (AvgIpc) is 3.30. The van der Waals surface area contributed by atoms with Crippen LogP contribution in [0.2, 0.25) is 0 Å². The summed E-state index contributed by atoms with van der Waals surface area (Å²) >= 11 is 0. The Labute approximate surface area is 237 Å². The quantitative estimate of drug-likeness (QED) is 0.213. The van der Waals surface area contributed by atoms with Crippen LogP contribution in [0.3, 0.4) is 0 Å². The average molecular weight is 584 g/mol. The molecule has 2 aliphatic rings. The summed E-state index contributed by atoms with van der Waals surface area (Å²) in [6, 6.07) is 10.1. The molecule has 4 rings (SSSR count). The summed E-state index contributed by atoms with van der Waals surface area (Å²) < 4.78 is 0. The monoisotopic (exact) mass is 582 g/mol. The molecular weight excluding hydrogens is 552 g/mol. The number of nitro benzene ring substituents is 2.